The van der Waals surface area contributed by atoms with Gasteiger partial charge in [0.2, 0.25) is 10.0 Å². The molecule has 11 nitrogen and oxygen atoms in total. The van der Waals surface area contributed by atoms with Crippen molar-refractivity contribution in [3.05, 3.63) is 23.8 Å². The molecule has 202 valence electrons. The highest BCUT2D eigenvalue weighted by atomic mass is 32.2. The zero-order valence-corrected chi connectivity index (χ0v) is 22.1. The summed E-state index contributed by atoms with van der Waals surface area (Å²) in [4.78, 5) is 11.6. The van der Waals surface area contributed by atoms with Gasteiger partial charge in [0.25, 0.3) is 0 Å². The molecule has 0 atom stereocenters. The number of nitrogen functional groups attached to an aromatic ring is 1. The third-order valence-electron chi connectivity index (χ3n) is 4.33. The number of anilines is 1. The minimum Gasteiger partial charge on any atom is -0.444 e. The molecule has 1 rings (SSSR count). The summed E-state index contributed by atoms with van der Waals surface area (Å²) in [6, 6.07) is 4.58. The number of carbonyl (C=O) groups is 1. The molecule has 0 unspecified atom stereocenters. The van der Waals surface area contributed by atoms with E-state index in [4.69, 9.17) is 29.4 Å². The van der Waals surface area contributed by atoms with Crippen molar-refractivity contribution in [3.63, 3.8) is 0 Å². The van der Waals surface area contributed by atoms with Crippen LogP contribution in [-0.2, 0) is 33.7 Å². The smallest absolute Gasteiger partial charge is 0.407 e. The Morgan fingerprint density at radius 1 is 0.886 bits per heavy atom. The molecular weight excluding hydrogens is 478 g/mol. The summed E-state index contributed by atoms with van der Waals surface area (Å²) in [5.74, 6) is 0. The van der Waals surface area contributed by atoms with Crippen molar-refractivity contribution in [1.29, 1.82) is 0 Å². The second-order valence-electron chi connectivity index (χ2n) is 8.65. The normalized spacial score (nSPS) is 12.0. The molecule has 0 radical (unpaired) electrons. The number of rotatable bonds is 18. The minimum atomic E-state index is -3.59. The molecule has 0 spiro atoms. The Bertz CT molecular complexity index is 844. The van der Waals surface area contributed by atoms with Crippen molar-refractivity contribution < 1.29 is 36.9 Å². The monoisotopic (exact) mass is 519 g/mol. The van der Waals surface area contributed by atoms with Crippen molar-refractivity contribution in [1.82, 2.24) is 10.0 Å². The summed E-state index contributed by atoms with van der Waals surface area (Å²) < 4.78 is 53.7. The Balaban J connectivity index is 1.88. The second-order valence-corrected chi connectivity index (χ2v) is 10.4. The molecule has 0 aliphatic carbocycles. The quantitative estimate of drug-likeness (QED) is 0.195. The molecule has 1 amide bonds. The van der Waals surface area contributed by atoms with Crippen LogP contribution in [0, 0.1) is 6.92 Å². The number of nitrogens with one attached hydrogen (secondary N) is 2. The number of aryl methyl sites for hydroxylation is 1. The fraction of sp³-hybridized carbons (Fsp3) is 0.696. The first kappa shape index (κ1) is 31.1. The highest BCUT2D eigenvalue weighted by Crippen LogP contribution is 2.16. The number of sulfonamides is 1. The number of nitrogens with two attached hydrogens (primary N) is 1. The Morgan fingerprint density at radius 2 is 1.43 bits per heavy atom. The molecule has 0 aromatic heterocycles. The SMILES string of the molecule is Cc1cc(S(=O)(=O)NCCOCCOCCOCCCOCCNC(=O)OC(C)(C)C)ccc1N. The van der Waals surface area contributed by atoms with Crippen LogP contribution >= 0.6 is 0 Å². The second kappa shape index (κ2) is 16.7. The third kappa shape index (κ3) is 15.6. The third-order valence-corrected chi connectivity index (χ3v) is 5.78. The predicted molar refractivity (Wildman–Crippen MR) is 133 cm³/mol. The minimum absolute atomic E-state index is 0.161. The first-order chi connectivity index (χ1) is 16.5. The van der Waals surface area contributed by atoms with E-state index in [1.165, 1.54) is 12.1 Å². The summed E-state index contributed by atoms with van der Waals surface area (Å²) in [6.07, 6.45) is 0.283. The fourth-order valence-corrected chi connectivity index (χ4v) is 3.69. The molecule has 0 bridgehead atoms. The van der Waals surface area contributed by atoms with Crippen LogP contribution < -0.4 is 15.8 Å². The van der Waals surface area contributed by atoms with Crippen molar-refractivity contribution in [3.8, 4) is 0 Å². The molecular formula is C23H41N3O8S. The van der Waals surface area contributed by atoms with Crippen LogP contribution in [0.15, 0.2) is 23.1 Å². The van der Waals surface area contributed by atoms with Crippen molar-refractivity contribution in [2.75, 3.05) is 71.7 Å². The molecule has 0 heterocycles. The summed E-state index contributed by atoms with van der Waals surface area (Å²) in [7, 11) is -3.59. The van der Waals surface area contributed by atoms with Gasteiger partial charge in [-0.3, -0.25) is 0 Å². The van der Waals surface area contributed by atoms with Crippen LogP contribution in [0.4, 0.5) is 10.5 Å². The van der Waals surface area contributed by atoms with Gasteiger partial charge in [-0.05, 0) is 57.9 Å². The molecule has 35 heavy (non-hydrogen) atoms. The zero-order chi connectivity index (χ0) is 26.2. The lowest BCUT2D eigenvalue weighted by atomic mass is 10.2. The fourth-order valence-electron chi connectivity index (χ4n) is 2.59. The number of benzene rings is 1. The first-order valence-electron chi connectivity index (χ1n) is 11.6. The van der Waals surface area contributed by atoms with Gasteiger partial charge in [0.05, 0.1) is 44.5 Å². The van der Waals surface area contributed by atoms with E-state index in [-0.39, 0.29) is 18.0 Å². The van der Waals surface area contributed by atoms with Crippen molar-refractivity contribution in [2.45, 2.75) is 44.6 Å². The zero-order valence-electron chi connectivity index (χ0n) is 21.3. The Hall–Kier alpha value is -1.96. The Morgan fingerprint density at radius 3 is 2.03 bits per heavy atom. The maximum atomic E-state index is 12.2. The van der Waals surface area contributed by atoms with E-state index >= 15 is 0 Å². The van der Waals surface area contributed by atoms with Gasteiger partial charge >= 0.3 is 6.09 Å². The molecule has 0 aliphatic rings. The lowest BCUT2D eigenvalue weighted by Crippen LogP contribution is -2.34. The van der Waals surface area contributed by atoms with Gasteiger partial charge in [0, 0.05) is 32.0 Å². The van der Waals surface area contributed by atoms with Crippen LogP contribution in [0.2, 0.25) is 0 Å². The lowest BCUT2D eigenvalue weighted by molar-refractivity contribution is 0.0106. The van der Waals surface area contributed by atoms with E-state index in [1.54, 1.807) is 13.0 Å². The summed E-state index contributed by atoms with van der Waals surface area (Å²) in [6.45, 7) is 11.1. The first-order valence-corrected chi connectivity index (χ1v) is 13.1. The van der Waals surface area contributed by atoms with Gasteiger partial charge < -0.3 is 34.7 Å². The molecule has 4 N–H and O–H groups in total. The van der Waals surface area contributed by atoms with Crippen molar-refractivity contribution in [2.24, 2.45) is 0 Å². The van der Waals surface area contributed by atoms with Gasteiger partial charge in [-0.1, -0.05) is 0 Å². The maximum absolute atomic E-state index is 12.2. The lowest BCUT2D eigenvalue weighted by Gasteiger charge is -2.19. The highest BCUT2D eigenvalue weighted by molar-refractivity contribution is 7.89. The number of carbonyl (C=O) groups excluding carboxylic acids is 1. The van der Waals surface area contributed by atoms with Crippen LogP contribution in [0.1, 0.15) is 32.8 Å². The van der Waals surface area contributed by atoms with Gasteiger partial charge in [-0.2, -0.15) is 0 Å². The van der Waals surface area contributed by atoms with Crippen LogP contribution in [-0.4, -0.2) is 86.1 Å². The van der Waals surface area contributed by atoms with E-state index in [1.807, 2.05) is 20.8 Å². The number of ether oxygens (including phenoxy) is 5. The number of hydrogen-bond donors (Lipinski definition) is 3. The number of alkyl carbamates (subject to hydrolysis) is 1. The average Bonchev–Trinajstić information content (AvgIpc) is 2.76. The van der Waals surface area contributed by atoms with Crippen LogP contribution in [0.25, 0.3) is 0 Å². The summed E-state index contributed by atoms with van der Waals surface area (Å²) >= 11 is 0. The maximum Gasteiger partial charge on any atom is 0.407 e. The number of amides is 1. The standard InChI is InChI=1S/C23H41N3O8S/c1-19-18-20(6-7-21(19)24)35(28,29)26-9-13-32-15-17-33-16-14-31-11-5-10-30-12-8-25-22(27)34-23(2,3)4/h6-7,18,26H,5,8-17,24H2,1-4H3,(H,25,27). The molecule has 0 saturated carbocycles. The van der Waals surface area contributed by atoms with E-state index in [0.29, 0.717) is 64.0 Å². The Kier molecular flexibility index (Phi) is 14.8. The van der Waals surface area contributed by atoms with E-state index in [0.717, 1.165) is 6.42 Å². The van der Waals surface area contributed by atoms with Crippen LogP contribution in [0.5, 0.6) is 0 Å². The van der Waals surface area contributed by atoms with Gasteiger partial charge in [0.15, 0.2) is 0 Å². The summed E-state index contributed by atoms with van der Waals surface area (Å²) in [5.41, 5.74) is 6.47. The van der Waals surface area contributed by atoms with E-state index in [2.05, 4.69) is 10.0 Å². The highest BCUT2D eigenvalue weighted by Gasteiger charge is 2.15. The topological polar surface area (TPSA) is 147 Å². The number of hydrogen-bond acceptors (Lipinski definition) is 9. The largest absolute Gasteiger partial charge is 0.444 e. The Labute approximate surface area is 209 Å². The molecule has 1 aromatic rings. The molecule has 0 fully saturated rings. The predicted octanol–water partition coefficient (Wildman–Crippen LogP) is 1.84. The van der Waals surface area contributed by atoms with E-state index < -0.39 is 21.7 Å². The van der Waals surface area contributed by atoms with Crippen molar-refractivity contribution >= 4 is 21.8 Å². The van der Waals surface area contributed by atoms with Crippen LogP contribution in [0.3, 0.4) is 0 Å². The van der Waals surface area contributed by atoms with Gasteiger partial charge in [0.1, 0.15) is 5.60 Å². The average molecular weight is 520 g/mol. The van der Waals surface area contributed by atoms with E-state index in [9.17, 15) is 13.2 Å². The molecule has 0 aliphatic heterocycles. The van der Waals surface area contributed by atoms with Gasteiger partial charge in [-0.25, -0.2) is 17.9 Å². The summed E-state index contributed by atoms with van der Waals surface area (Å²) in [5, 5.41) is 2.62. The molecule has 1 aromatic carbocycles. The molecule has 12 heteroatoms. The molecule has 0 saturated heterocycles. The van der Waals surface area contributed by atoms with Gasteiger partial charge in [-0.15, -0.1) is 0 Å².